The summed E-state index contributed by atoms with van der Waals surface area (Å²) in [5.41, 5.74) is -0.0221. The molecule has 1 atom stereocenters. The molecule has 1 aromatic carbocycles. The molecular weight excluding hydrogens is 250 g/mol. The van der Waals surface area contributed by atoms with Gasteiger partial charge >= 0.3 is 0 Å². The standard InChI is InChI=1S/C14H22ClNO2/c1-4-14(2,11-15)16-9-10-18-13-8-6-5-7-12(13)17-3/h5-8,16H,4,9-11H2,1-3H3. The van der Waals surface area contributed by atoms with Crippen LogP contribution in [0.5, 0.6) is 11.5 Å². The molecule has 3 nitrogen and oxygen atoms in total. The van der Waals surface area contributed by atoms with E-state index in [1.165, 1.54) is 0 Å². The van der Waals surface area contributed by atoms with Gasteiger partial charge in [0.1, 0.15) is 6.61 Å². The third-order valence-electron chi connectivity index (χ3n) is 3.06. The number of hydrogen-bond donors (Lipinski definition) is 1. The van der Waals surface area contributed by atoms with E-state index >= 15 is 0 Å². The molecule has 0 fully saturated rings. The lowest BCUT2D eigenvalue weighted by atomic mass is 10.0. The fourth-order valence-electron chi connectivity index (χ4n) is 1.52. The lowest BCUT2D eigenvalue weighted by Crippen LogP contribution is -2.45. The normalized spacial score (nSPS) is 14.0. The van der Waals surface area contributed by atoms with E-state index < -0.39 is 0 Å². The Bertz CT molecular complexity index is 353. The van der Waals surface area contributed by atoms with Crippen LogP contribution in [0.3, 0.4) is 0 Å². The van der Waals surface area contributed by atoms with Gasteiger partial charge in [-0.15, -0.1) is 11.6 Å². The number of alkyl halides is 1. The van der Waals surface area contributed by atoms with Gasteiger partial charge in [-0.3, -0.25) is 0 Å². The Balaban J connectivity index is 2.38. The molecule has 102 valence electrons. The van der Waals surface area contributed by atoms with E-state index in [9.17, 15) is 0 Å². The Morgan fingerprint density at radius 2 is 1.94 bits per heavy atom. The lowest BCUT2D eigenvalue weighted by molar-refractivity contribution is 0.269. The second kappa shape index (κ2) is 7.49. The zero-order chi connectivity index (χ0) is 13.4. The van der Waals surface area contributed by atoms with Gasteiger partial charge < -0.3 is 14.8 Å². The first-order valence-corrected chi connectivity index (χ1v) is 6.75. The molecule has 1 aromatic rings. The summed E-state index contributed by atoms with van der Waals surface area (Å²) in [6, 6.07) is 7.64. The van der Waals surface area contributed by atoms with Gasteiger partial charge in [-0.05, 0) is 25.5 Å². The molecule has 1 rings (SSSR count). The summed E-state index contributed by atoms with van der Waals surface area (Å²) in [4.78, 5) is 0. The molecule has 0 heterocycles. The van der Waals surface area contributed by atoms with Crippen molar-refractivity contribution in [2.45, 2.75) is 25.8 Å². The zero-order valence-corrected chi connectivity index (χ0v) is 12.1. The quantitative estimate of drug-likeness (QED) is 0.582. The van der Waals surface area contributed by atoms with Crippen LogP contribution in [-0.2, 0) is 0 Å². The topological polar surface area (TPSA) is 30.5 Å². The van der Waals surface area contributed by atoms with Crippen LogP contribution < -0.4 is 14.8 Å². The Morgan fingerprint density at radius 1 is 1.28 bits per heavy atom. The monoisotopic (exact) mass is 271 g/mol. The minimum atomic E-state index is -0.0221. The minimum absolute atomic E-state index is 0.0221. The molecule has 0 aliphatic carbocycles. The SMILES string of the molecule is CCC(C)(CCl)NCCOc1ccccc1OC. The summed E-state index contributed by atoms with van der Waals surface area (Å²) in [5, 5.41) is 3.41. The number of ether oxygens (including phenoxy) is 2. The predicted octanol–water partition coefficient (Wildman–Crippen LogP) is 3.07. The van der Waals surface area contributed by atoms with Gasteiger partial charge in [0.25, 0.3) is 0 Å². The number of nitrogens with one attached hydrogen (secondary N) is 1. The molecule has 0 amide bonds. The van der Waals surface area contributed by atoms with E-state index in [1.54, 1.807) is 7.11 Å². The number of para-hydroxylation sites is 2. The van der Waals surface area contributed by atoms with Crippen LogP contribution in [0.2, 0.25) is 0 Å². The summed E-state index contributed by atoms with van der Waals surface area (Å²) in [6.07, 6.45) is 0.991. The Morgan fingerprint density at radius 3 is 2.50 bits per heavy atom. The largest absolute Gasteiger partial charge is 0.493 e. The van der Waals surface area contributed by atoms with Gasteiger partial charge in [-0.2, -0.15) is 0 Å². The van der Waals surface area contributed by atoms with Gasteiger partial charge in [-0.25, -0.2) is 0 Å². The summed E-state index contributed by atoms with van der Waals surface area (Å²) in [7, 11) is 1.64. The fourth-order valence-corrected chi connectivity index (χ4v) is 1.80. The van der Waals surface area contributed by atoms with Crippen LogP contribution in [-0.4, -0.2) is 31.7 Å². The maximum atomic E-state index is 5.93. The molecule has 0 aromatic heterocycles. The summed E-state index contributed by atoms with van der Waals surface area (Å²) < 4.78 is 10.9. The lowest BCUT2D eigenvalue weighted by Gasteiger charge is -2.27. The van der Waals surface area contributed by atoms with Crippen molar-refractivity contribution in [1.82, 2.24) is 5.32 Å². The average Bonchev–Trinajstić information content (AvgIpc) is 2.43. The van der Waals surface area contributed by atoms with E-state index in [-0.39, 0.29) is 5.54 Å². The molecule has 0 aliphatic rings. The van der Waals surface area contributed by atoms with E-state index in [1.807, 2.05) is 24.3 Å². The maximum Gasteiger partial charge on any atom is 0.161 e. The van der Waals surface area contributed by atoms with Crippen LogP contribution >= 0.6 is 11.6 Å². The van der Waals surface area contributed by atoms with Crippen molar-refractivity contribution >= 4 is 11.6 Å². The van der Waals surface area contributed by atoms with Crippen molar-refractivity contribution in [2.24, 2.45) is 0 Å². The van der Waals surface area contributed by atoms with Crippen molar-refractivity contribution in [1.29, 1.82) is 0 Å². The fraction of sp³-hybridized carbons (Fsp3) is 0.571. The average molecular weight is 272 g/mol. The number of rotatable bonds is 8. The molecule has 18 heavy (non-hydrogen) atoms. The number of methoxy groups -OCH3 is 1. The Labute approximate surface area is 114 Å². The summed E-state index contributed by atoms with van der Waals surface area (Å²) >= 11 is 5.93. The Hall–Kier alpha value is -0.930. The van der Waals surface area contributed by atoms with Crippen molar-refractivity contribution < 1.29 is 9.47 Å². The second-order valence-electron chi connectivity index (χ2n) is 4.47. The molecule has 0 saturated carbocycles. The number of halogens is 1. The maximum absolute atomic E-state index is 5.93. The highest BCUT2D eigenvalue weighted by Crippen LogP contribution is 2.25. The molecule has 0 radical (unpaired) electrons. The van der Waals surface area contributed by atoms with Crippen LogP contribution in [0.15, 0.2) is 24.3 Å². The number of benzene rings is 1. The van der Waals surface area contributed by atoms with Gasteiger partial charge in [0.2, 0.25) is 0 Å². The first kappa shape index (κ1) is 15.1. The Kier molecular flexibility index (Phi) is 6.30. The van der Waals surface area contributed by atoms with Gasteiger partial charge in [0.05, 0.1) is 7.11 Å². The van der Waals surface area contributed by atoms with E-state index in [0.717, 1.165) is 24.5 Å². The molecule has 1 N–H and O–H groups in total. The minimum Gasteiger partial charge on any atom is -0.493 e. The zero-order valence-electron chi connectivity index (χ0n) is 11.3. The molecule has 0 aliphatic heterocycles. The summed E-state index contributed by atoms with van der Waals surface area (Å²) in [6.45, 7) is 5.58. The van der Waals surface area contributed by atoms with E-state index in [0.29, 0.717) is 12.5 Å². The highest BCUT2D eigenvalue weighted by Gasteiger charge is 2.19. The molecule has 4 heteroatoms. The van der Waals surface area contributed by atoms with Crippen LogP contribution in [0.1, 0.15) is 20.3 Å². The predicted molar refractivity (Wildman–Crippen MR) is 75.9 cm³/mol. The molecule has 0 saturated heterocycles. The van der Waals surface area contributed by atoms with E-state index in [2.05, 4.69) is 19.2 Å². The molecule has 0 bridgehead atoms. The molecule has 1 unspecified atom stereocenters. The van der Waals surface area contributed by atoms with Crippen LogP contribution in [0, 0.1) is 0 Å². The third kappa shape index (κ3) is 4.39. The van der Waals surface area contributed by atoms with Crippen molar-refractivity contribution in [3.05, 3.63) is 24.3 Å². The van der Waals surface area contributed by atoms with Gasteiger partial charge in [0.15, 0.2) is 11.5 Å². The highest BCUT2D eigenvalue weighted by molar-refractivity contribution is 6.18. The first-order valence-electron chi connectivity index (χ1n) is 6.22. The highest BCUT2D eigenvalue weighted by atomic mass is 35.5. The van der Waals surface area contributed by atoms with Crippen LogP contribution in [0.4, 0.5) is 0 Å². The van der Waals surface area contributed by atoms with Gasteiger partial charge in [0, 0.05) is 18.0 Å². The second-order valence-corrected chi connectivity index (χ2v) is 4.74. The smallest absolute Gasteiger partial charge is 0.161 e. The van der Waals surface area contributed by atoms with Crippen molar-refractivity contribution in [3.8, 4) is 11.5 Å². The molecule has 0 spiro atoms. The summed E-state index contributed by atoms with van der Waals surface area (Å²) in [5.74, 6) is 2.12. The number of hydrogen-bond acceptors (Lipinski definition) is 3. The van der Waals surface area contributed by atoms with Gasteiger partial charge in [-0.1, -0.05) is 19.1 Å². The third-order valence-corrected chi connectivity index (χ3v) is 3.65. The van der Waals surface area contributed by atoms with Crippen molar-refractivity contribution in [3.63, 3.8) is 0 Å². The van der Waals surface area contributed by atoms with E-state index in [4.69, 9.17) is 21.1 Å². The molecular formula is C14H22ClNO2. The van der Waals surface area contributed by atoms with Crippen LogP contribution in [0.25, 0.3) is 0 Å². The van der Waals surface area contributed by atoms with Crippen molar-refractivity contribution in [2.75, 3.05) is 26.1 Å². The first-order chi connectivity index (χ1) is 8.65.